The zero-order valence-corrected chi connectivity index (χ0v) is 12.2. The quantitative estimate of drug-likeness (QED) is 0.657. The van der Waals surface area contributed by atoms with E-state index < -0.39 is 0 Å². The molecule has 0 saturated heterocycles. The van der Waals surface area contributed by atoms with Crippen molar-refractivity contribution >= 4 is 12.1 Å². The molecule has 1 amide bonds. The van der Waals surface area contributed by atoms with Gasteiger partial charge >= 0.3 is 0 Å². The zero-order valence-electron chi connectivity index (χ0n) is 12.2. The van der Waals surface area contributed by atoms with Gasteiger partial charge in [0.2, 0.25) is 5.91 Å². The van der Waals surface area contributed by atoms with Crippen LogP contribution < -0.4 is 10.2 Å². The number of amides is 1. The first-order chi connectivity index (χ1) is 10.8. The second-order valence-corrected chi connectivity index (χ2v) is 5.35. The van der Waals surface area contributed by atoms with Gasteiger partial charge in [0.05, 0.1) is 6.21 Å². The molecule has 1 saturated carbocycles. The molecule has 0 aliphatic heterocycles. The highest BCUT2D eigenvalue weighted by atomic mass is 16.5. The van der Waals surface area contributed by atoms with Gasteiger partial charge in [0.1, 0.15) is 12.4 Å². The normalized spacial score (nSPS) is 14.0. The van der Waals surface area contributed by atoms with Crippen molar-refractivity contribution in [1.29, 1.82) is 0 Å². The largest absolute Gasteiger partial charge is 0.489 e. The molecule has 3 rings (SSSR count). The summed E-state index contributed by atoms with van der Waals surface area (Å²) in [6, 6.07) is 17.6. The fourth-order valence-corrected chi connectivity index (χ4v) is 2.00. The third-order valence-corrected chi connectivity index (χ3v) is 3.46. The van der Waals surface area contributed by atoms with Gasteiger partial charge in [-0.15, -0.1) is 0 Å². The molecule has 1 aliphatic rings. The molecule has 22 heavy (non-hydrogen) atoms. The average molecular weight is 294 g/mol. The molecule has 0 radical (unpaired) electrons. The number of hydrogen-bond acceptors (Lipinski definition) is 3. The first kappa shape index (κ1) is 14.3. The highest BCUT2D eigenvalue weighted by molar-refractivity contribution is 5.84. The molecular formula is C18H18N2O2. The molecule has 0 bridgehead atoms. The van der Waals surface area contributed by atoms with Crippen molar-refractivity contribution in [3.8, 4) is 5.75 Å². The molecule has 0 spiro atoms. The van der Waals surface area contributed by atoms with Crippen LogP contribution in [0.4, 0.5) is 0 Å². The van der Waals surface area contributed by atoms with Crippen LogP contribution in [0.5, 0.6) is 5.75 Å². The Morgan fingerprint density at radius 3 is 2.55 bits per heavy atom. The molecule has 0 unspecified atom stereocenters. The van der Waals surface area contributed by atoms with Crippen molar-refractivity contribution in [2.75, 3.05) is 0 Å². The zero-order chi connectivity index (χ0) is 15.2. The molecule has 1 fully saturated rings. The highest BCUT2D eigenvalue weighted by Gasteiger charge is 2.29. The van der Waals surface area contributed by atoms with E-state index in [0.29, 0.717) is 6.61 Å². The SMILES string of the molecule is O=C(N/N=C/c1ccc(OCc2ccccc2)cc1)C1CC1. The predicted molar refractivity (Wildman–Crippen MR) is 85.7 cm³/mol. The number of ether oxygens (including phenoxy) is 1. The van der Waals surface area contributed by atoms with Crippen LogP contribution in [0.2, 0.25) is 0 Å². The lowest BCUT2D eigenvalue weighted by atomic mass is 10.2. The Kier molecular flexibility index (Phi) is 4.49. The summed E-state index contributed by atoms with van der Waals surface area (Å²) in [7, 11) is 0. The smallest absolute Gasteiger partial charge is 0.243 e. The minimum Gasteiger partial charge on any atom is -0.489 e. The molecule has 112 valence electrons. The highest BCUT2D eigenvalue weighted by Crippen LogP contribution is 2.28. The fourth-order valence-electron chi connectivity index (χ4n) is 2.00. The van der Waals surface area contributed by atoms with Crippen molar-refractivity contribution in [3.05, 3.63) is 65.7 Å². The first-order valence-electron chi connectivity index (χ1n) is 7.41. The van der Waals surface area contributed by atoms with Gasteiger partial charge in [-0.25, -0.2) is 5.43 Å². The van der Waals surface area contributed by atoms with E-state index in [1.165, 1.54) is 0 Å². The molecule has 2 aromatic carbocycles. The van der Waals surface area contributed by atoms with E-state index in [2.05, 4.69) is 10.5 Å². The topological polar surface area (TPSA) is 50.7 Å². The summed E-state index contributed by atoms with van der Waals surface area (Å²) in [6.45, 7) is 0.547. The van der Waals surface area contributed by atoms with E-state index in [1.807, 2.05) is 54.6 Å². The van der Waals surface area contributed by atoms with E-state index >= 15 is 0 Å². The Balaban J connectivity index is 1.49. The number of benzene rings is 2. The molecule has 0 atom stereocenters. The van der Waals surface area contributed by atoms with Crippen molar-refractivity contribution < 1.29 is 9.53 Å². The third-order valence-electron chi connectivity index (χ3n) is 3.46. The van der Waals surface area contributed by atoms with Crippen molar-refractivity contribution in [2.45, 2.75) is 19.4 Å². The molecule has 4 nitrogen and oxygen atoms in total. The predicted octanol–water partition coefficient (Wildman–Crippen LogP) is 3.13. The number of rotatable bonds is 6. The summed E-state index contributed by atoms with van der Waals surface area (Å²) < 4.78 is 5.72. The van der Waals surface area contributed by atoms with E-state index in [0.717, 1.165) is 29.7 Å². The van der Waals surface area contributed by atoms with Gasteiger partial charge in [0, 0.05) is 5.92 Å². The van der Waals surface area contributed by atoms with Crippen LogP contribution >= 0.6 is 0 Å². The van der Waals surface area contributed by atoms with Gasteiger partial charge in [-0.3, -0.25) is 4.79 Å². The van der Waals surface area contributed by atoms with E-state index in [4.69, 9.17) is 4.74 Å². The molecule has 1 N–H and O–H groups in total. The summed E-state index contributed by atoms with van der Waals surface area (Å²) >= 11 is 0. The Morgan fingerprint density at radius 2 is 1.86 bits per heavy atom. The average Bonchev–Trinajstić information content (AvgIpc) is 3.40. The second-order valence-electron chi connectivity index (χ2n) is 5.35. The summed E-state index contributed by atoms with van der Waals surface area (Å²) in [5, 5.41) is 3.96. The van der Waals surface area contributed by atoms with Gasteiger partial charge < -0.3 is 4.74 Å². The number of hydrazone groups is 1. The monoisotopic (exact) mass is 294 g/mol. The first-order valence-corrected chi connectivity index (χ1v) is 7.41. The molecule has 0 aromatic heterocycles. The molecular weight excluding hydrogens is 276 g/mol. The number of hydrogen-bond donors (Lipinski definition) is 1. The van der Waals surface area contributed by atoms with E-state index in [9.17, 15) is 4.79 Å². The summed E-state index contributed by atoms with van der Waals surface area (Å²) in [5.41, 5.74) is 4.61. The second kappa shape index (κ2) is 6.89. The van der Waals surface area contributed by atoms with Crippen LogP contribution in [0, 0.1) is 5.92 Å². The van der Waals surface area contributed by atoms with Crippen molar-refractivity contribution in [3.63, 3.8) is 0 Å². The Morgan fingerprint density at radius 1 is 1.14 bits per heavy atom. The maximum Gasteiger partial charge on any atom is 0.243 e. The van der Waals surface area contributed by atoms with Crippen LogP contribution in [0.25, 0.3) is 0 Å². The van der Waals surface area contributed by atoms with Crippen molar-refractivity contribution in [2.24, 2.45) is 11.0 Å². The lowest BCUT2D eigenvalue weighted by Crippen LogP contribution is -2.18. The third kappa shape index (κ3) is 4.19. The Bertz CT molecular complexity index is 647. The van der Waals surface area contributed by atoms with Crippen LogP contribution in [0.1, 0.15) is 24.0 Å². The van der Waals surface area contributed by atoms with E-state index in [-0.39, 0.29) is 11.8 Å². The summed E-state index contributed by atoms with van der Waals surface area (Å²) in [6.07, 6.45) is 3.60. The van der Waals surface area contributed by atoms with Crippen LogP contribution in [-0.4, -0.2) is 12.1 Å². The van der Waals surface area contributed by atoms with Crippen LogP contribution in [0.3, 0.4) is 0 Å². The molecule has 0 heterocycles. The summed E-state index contributed by atoms with van der Waals surface area (Å²) in [5.74, 6) is 0.994. The number of nitrogens with one attached hydrogen (secondary N) is 1. The maximum atomic E-state index is 11.4. The summed E-state index contributed by atoms with van der Waals surface area (Å²) in [4.78, 5) is 11.4. The molecule has 4 heteroatoms. The van der Waals surface area contributed by atoms with Crippen LogP contribution in [-0.2, 0) is 11.4 Å². The van der Waals surface area contributed by atoms with Gasteiger partial charge in [-0.2, -0.15) is 5.10 Å². The Labute approximate surface area is 129 Å². The Hall–Kier alpha value is -2.62. The minimum atomic E-state index is 0.0130. The standard InChI is InChI=1S/C18H18N2O2/c21-18(16-8-9-16)20-19-12-14-6-10-17(11-7-14)22-13-15-4-2-1-3-5-15/h1-7,10-12,16H,8-9,13H2,(H,20,21)/b19-12+. The van der Waals surface area contributed by atoms with Gasteiger partial charge in [-0.1, -0.05) is 30.3 Å². The lowest BCUT2D eigenvalue weighted by molar-refractivity contribution is -0.122. The van der Waals surface area contributed by atoms with Gasteiger partial charge in [0.15, 0.2) is 0 Å². The van der Waals surface area contributed by atoms with Crippen molar-refractivity contribution in [1.82, 2.24) is 5.43 Å². The fraction of sp³-hybridized carbons (Fsp3) is 0.222. The number of carbonyl (C=O) groups excluding carboxylic acids is 1. The number of nitrogens with zero attached hydrogens (tertiary/aromatic N) is 1. The maximum absolute atomic E-state index is 11.4. The number of carbonyl (C=O) groups is 1. The molecule has 1 aliphatic carbocycles. The van der Waals surface area contributed by atoms with Crippen LogP contribution in [0.15, 0.2) is 59.7 Å². The minimum absolute atomic E-state index is 0.0130. The van der Waals surface area contributed by atoms with Gasteiger partial charge in [0.25, 0.3) is 0 Å². The van der Waals surface area contributed by atoms with E-state index in [1.54, 1.807) is 6.21 Å². The lowest BCUT2D eigenvalue weighted by Gasteiger charge is -2.06. The van der Waals surface area contributed by atoms with Gasteiger partial charge in [-0.05, 0) is 48.2 Å². The molecule has 2 aromatic rings.